The number of hydrogen-bond acceptors (Lipinski definition) is 3. The second-order valence-corrected chi connectivity index (χ2v) is 4.50. The third kappa shape index (κ3) is 2.41. The minimum atomic E-state index is 0.271. The van der Waals surface area contributed by atoms with Crippen molar-refractivity contribution in [3.63, 3.8) is 0 Å². The highest BCUT2D eigenvalue weighted by atomic mass is 35.5. The molecule has 2 rings (SSSR count). The average Bonchev–Trinajstić information content (AvgIpc) is 2.12. The lowest BCUT2D eigenvalue weighted by molar-refractivity contribution is 0.000165. The summed E-state index contributed by atoms with van der Waals surface area (Å²) in [4.78, 5) is 6.28. The summed E-state index contributed by atoms with van der Waals surface area (Å²) in [7, 11) is 0. The number of nitrogens with zero attached hydrogens (tertiary/aromatic N) is 2. The summed E-state index contributed by atoms with van der Waals surface area (Å²) in [5.41, 5.74) is 0. The summed E-state index contributed by atoms with van der Waals surface area (Å²) < 4.78 is 5.75. The molecular weight excluding hydrogens is 212 g/mol. The summed E-state index contributed by atoms with van der Waals surface area (Å²) in [5.74, 6) is 0.736. The van der Waals surface area contributed by atoms with Crippen LogP contribution < -0.4 is 4.74 Å². The molecule has 3 nitrogen and oxygen atoms in total. The van der Waals surface area contributed by atoms with E-state index in [-0.39, 0.29) is 6.10 Å². The van der Waals surface area contributed by atoms with Crippen LogP contribution in [0.4, 0.5) is 0 Å². The maximum absolute atomic E-state index is 5.95. The molecule has 15 heavy (non-hydrogen) atoms. The minimum Gasteiger partial charge on any atom is -0.486 e. The van der Waals surface area contributed by atoms with Gasteiger partial charge in [-0.2, -0.15) is 0 Å². The number of rotatable bonds is 3. The molecule has 0 unspecified atom stereocenters. The maximum atomic E-state index is 5.95. The monoisotopic (exact) mass is 226 g/mol. The molecule has 1 aromatic heterocycles. The van der Waals surface area contributed by atoms with Crippen LogP contribution >= 0.6 is 11.6 Å². The van der Waals surface area contributed by atoms with Gasteiger partial charge in [0, 0.05) is 37.6 Å². The smallest absolute Gasteiger partial charge is 0.141 e. The molecule has 4 heteroatoms. The Balaban J connectivity index is 1.88. The zero-order valence-corrected chi connectivity index (χ0v) is 9.74. The second-order valence-electron chi connectivity index (χ2n) is 4.09. The number of ether oxygens (including phenoxy) is 1. The van der Waals surface area contributed by atoms with Gasteiger partial charge >= 0.3 is 0 Å². The Morgan fingerprint density at radius 2 is 2.27 bits per heavy atom. The summed E-state index contributed by atoms with van der Waals surface area (Å²) in [5, 5.41) is 0.584. The van der Waals surface area contributed by atoms with Gasteiger partial charge in [-0.15, -0.1) is 0 Å². The molecule has 1 aromatic rings. The van der Waals surface area contributed by atoms with Crippen LogP contribution in [0.1, 0.15) is 13.8 Å². The van der Waals surface area contributed by atoms with E-state index in [1.165, 1.54) is 0 Å². The third-order valence-electron chi connectivity index (χ3n) is 2.64. The highest BCUT2D eigenvalue weighted by Gasteiger charge is 2.30. The highest BCUT2D eigenvalue weighted by Crippen LogP contribution is 2.25. The average molecular weight is 227 g/mol. The van der Waals surface area contributed by atoms with E-state index in [1.807, 2.05) is 0 Å². The largest absolute Gasteiger partial charge is 0.486 e. The molecule has 0 amide bonds. The van der Waals surface area contributed by atoms with E-state index in [1.54, 1.807) is 18.5 Å². The van der Waals surface area contributed by atoms with Gasteiger partial charge in [0.05, 0.1) is 0 Å². The fourth-order valence-corrected chi connectivity index (χ4v) is 1.77. The van der Waals surface area contributed by atoms with Crippen LogP contribution in [0.25, 0.3) is 0 Å². The molecule has 0 spiro atoms. The lowest BCUT2D eigenvalue weighted by atomic mass is 10.1. The van der Waals surface area contributed by atoms with Gasteiger partial charge in [0.1, 0.15) is 16.9 Å². The summed E-state index contributed by atoms with van der Waals surface area (Å²) in [6, 6.07) is 2.40. The lowest BCUT2D eigenvalue weighted by Crippen LogP contribution is -2.56. The van der Waals surface area contributed by atoms with Gasteiger partial charge in [-0.25, -0.2) is 0 Å². The van der Waals surface area contributed by atoms with Crippen molar-refractivity contribution in [2.45, 2.75) is 26.0 Å². The van der Waals surface area contributed by atoms with Crippen LogP contribution in [-0.2, 0) is 0 Å². The zero-order chi connectivity index (χ0) is 10.8. The molecule has 1 fully saturated rings. The van der Waals surface area contributed by atoms with Crippen LogP contribution in [0.2, 0.25) is 5.02 Å². The van der Waals surface area contributed by atoms with Crippen molar-refractivity contribution in [2.75, 3.05) is 13.1 Å². The van der Waals surface area contributed by atoms with Crippen LogP contribution in [0.5, 0.6) is 5.75 Å². The van der Waals surface area contributed by atoms with Gasteiger partial charge in [0.2, 0.25) is 0 Å². The molecule has 0 aromatic carbocycles. The molecular formula is C11H15ClN2O. The molecule has 0 aliphatic carbocycles. The number of hydrogen-bond donors (Lipinski definition) is 0. The number of pyridine rings is 1. The van der Waals surface area contributed by atoms with E-state index < -0.39 is 0 Å². The normalized spacial score (nSPS) is 17.9. The van der Waals surface area contributed by atoms with E-state index in [0.717, 1.165) is 18.8 Å². The molecule has 2 heterocycles. The first-order valence-corrected chi connectivity index (χ1v) is 5.55. The first kappa shape index (κ1) is 10.7. The van der Waals surface area contributed by atoms with Crippen molar-refractivity contribution >= 4 is 11.6 Å². The van der Waals surface area contributed by atoms with Crippen LogP contribution in [-0.4, -0.2) is 35.1 Å². The Kier molecular flexibility index (Phi) is 3.12. The first-order valence-electron chi connectivity index (χ1n) is 5.17. The third-order valence-corrected chi connectivity index (χ3v) is 2.92. The topological polar surface area (TPSA) is 25.4 Å². The molecule has 0 atom stereocenters. The second kappa shape index (κ2) is 4.37. The van der Waals surface area contributed by atoms with E-state index in [9.17, 15) is 0 Å². The van der Waals surface area contributed by atoms with Gasteiger partial charge in [-0.3, -0.25) is 9.88 Å². The Morgan fingerprint density at radius 1 is 1.53 bits per heavy atom. The van der Waals surface area contributed by atoms with Crippen molar-refractivity contribution in [1.29, 1.82) is 0 Å². The lowest BCUT2D eigenvalue weighted by Gasteiger charge is -2.41. The Morgan fingerprint density at radius 3 is 2.87 bits per heavy atom. The molecule has 1 aliphatic heterocycles. The van der Waals surface area contributed by atoms with E-state index in [2.05, 4.69) is 23.7 Å². The molecule has 0 bridgehead atoms. The number of halogens is 1. The van der Waals surface area contributed by atoms with Crippen LogP contribution in [0.3, 0.4) is 0 Å². The van der Waals surface area contributed by atoms with Gasteiger partial charge in [0.25, 0.3) is 0 Å². The van der Waals surface area contributed by atoms with E-state index in [4.69, 9.17) is 16.3 Å². The van der Waals surface area contributed by atoms with Crippen molar-refractivity contribution in [2.24, 2.45) is 0 Å². The van der Waals surface area contributed by atoms with Gasteiger partial charge in [-0.05, 0) is 13.8 Å². The van der Waals surface area contributed by atoms with Gasteiger partial charge in [-0.1, -0.05) is 11.6 Å². The SMILES string of the molecule is CC(C)N1CC(Oc2ccncc2Cl)C1. The zero-order valence-electron chi connectivity index (χ0n) is 8.98. The Labute approximate surface area is 95.0 Å². The number of likely N-dealkylation sites (tertiary alicyclic amines) is 1. The fraction of sp³-hybridized carbons (Fsp3) is 0.545. The van der Waals surface area contributed by atoms with Gasteiger partial charge in [0.15, 0.2) is 0 Å². The summed E-state index contributed by atoms with van der Waals surface area (Å²) in [6.07, 6.45) is 3.57. The molecule has 0 N–H and O–H groups in total. The number of aromatic nitrogens is 1. The van der Waals surface area contributed by atoms with E-state index >= 15 is 0 Å². The predicted molar refractivity (Wildman–Crippen MR) is 60.4 cm³/mol. The summed E-state index contributed by atoms with van der Waals surface area (Å²) >= 11 is 5.95. The highest BCUT2D eigenvalue weighted by molar-refractivity contribution is 6.31. The van der Waals surface area contributed by atoms with Crippen molar-refractivity contribution in [1.82, 2.24) is 9.88 Å². The summed E-state index contributed by atoms with van der Waals surface area (Å²) in [6.45, 7) is 6.35. The minimum absolute atomic E-state index is 0.271. The van der Waals surface area contributed by atoms with Crippen molar-refractivity contribution in [3.05, 3.63) is 23.5 Å². The van der Waals surface area contributed by atoms with Crippen molar-refractivity contribution in [3.8, 4) is 5.75 Å². The quantitative estimate of drug-likeness (QED) is 0.790. The van der Waals surface area contributed by atoms with Crippen LogP contribution in [0.15, 0.2) is 18.5 Å². The van der Waals surface area contributed by atoms with Crippen LogP contribution in [0, 0.1) is 0 Å². The fourth-order valence-electron chi connectivity index (χ4n) is 1.60. The molecule has 0 radical (unpaired) electrons. The first-order chi connectivity index (χ1) is 7.16. The van der Waals surface area contributed by atoms with Gasteiger partial charge < -0.3 is 4.74 Å². The van der Waals surface area contributed by atoms with E-state index in [0.29, 0.717) is 11.1 Å². The molecule has 82 valence electrons. The predicted octanol–water partition coefficient (Wildman–Crippen LogP) is 2.21. The Bertz CT molecular complexity index is 337. The standard InChI is InChI=1S/C11H15ClN2O/c1-8(2)14-6-9(7-14)15-11-3-4-13-5-10(11)12/h3-5,8-9H,6-7H2,1-2H3. The Hall–Kier alpha value is -0.800. The van der Waals surface area contributed by atoms with Crippen molar-refractivity contribution < 1.29 is 4.74 Å². The molecule has 0 saturated carbocycles. The molecule has 1 aliphatic rings. The maximum Gasteiger partial charge on any atom is 0.141 e. The molecule has 1 saturated heterocycles.